The van der Waals surface area contributed by atoms with E-state index in [4.69, 9.17) is 0 Å². The van der Waals surface area contributed by atoms with Gasteiger partial charge in [0.1, 0.15) is 0 Å². The van der Waals surface area contributed by atoms with Gasteiger partial charge < -0.3 is 4.90 Å². The number of anilines is 3. The second-order valence-electron chi connectivity index (χ2n) is 14.1. The van der Waals surface area contributed by atoms with Crippen molar-refractivity contribution in [2.24, 2.45) is 0 Å². The zero-order valence-corrected chi connectivity index (χ0v) is 29.8. The molecule has 1 aliphatic rings. The molecule has 54 heavy (non-hydrogen) atoms. The van der Waals surface area contributed by atoms with Crippen molar-refractivity contribution in [3.05, 3.63) is 247 Å². The molecule has 1 nitrogen and oxygen atoms in total. The lowest BCUT2D eigenvalue weighted by molar-refractivity contribution is 0.768. The van der Waals surface area contributed by atoms with Gasteiger partial charge in [-0.1, -0.05) is 176 Å². The first-order chi connectivity index (χ1) is 26.8. The lowest BCUT2D eigenvalue weighted by Gasteiger charge is -2.35. The molecule has 1 heteroatoms. The molecule has 10 rings (SSSR count). The highest BCUT2D eigenvalue weighted by atomic mass is 15.1. The smallest absolute Gasteiger partial charge is 0.0714 e. The molecule has 9 aromatic rings. The Balaban J connectivity index is 1.10. The maximum atomic E-state index is 2.43. The van der Waals surface area contributed by atoms with Crippen molar-refractivity contribution in [3.63, 3.8) is 0 Å². The first-order valence-electron chi connectivity index (χ1n) is 18.7. The Morgan fingerprint density at radius 3 is 1.37 bits per heavy atom. The third kappa shape index (κ3) is 5.25. The summed E-state index contributed by atoms with van der Waals surface area (Å²) in [7, 11) is 0. The number of para-hydroxylation sites is 1. The molecule has 0 aromatic heterocycles. The van der Waals surface area contributed by atoms with Crippen LogP contribution in [-0.4, -0.2) is 0 Å². The highest BCUT2D eigenvalue weighted by Crippen LogP contribution is 2.57. The highest BCUT2D eigenvalue weighted by molar-refractivity contribution is 5.92. The van der Waals surface area contributed by atoms with Crippen molar-refractivity contribution in [1.29, 1.82) is 0 Å². The molecule has 1 aliphatic carbocycles. The summed E-state index contributed by atoms with van der Waals surface area (Å²) >= 11 is 0. The molecule has 0 N–H and O–H groups in total. The van der Waals surface area contributed by atoms with E-state index in [1.807, 2.05) is 0 Å². The second-order valence-corrected chi connectivity index (χ2v) is 14.1. The van der Waals surface area contributed by atoms with Crippen LogP contribution in [0.25, 0.3) is 44.2 Å². The fourth-order valence-corrected chi connectivity index (χ4v) is 8.64. The quantitative estimate of drug-likeness (QED) is 0.161. The predicted octanol–water partition coefficient (Wildman–Crippen LogP) is 14.0. The van der Waals surface area contributed by atoms with Crippen LogP contribution in [0.3, 0.4) is 0 Å². The number of rotatable bonds is 7. The average Bonchev–Trinajstić information content (AvgIpc) is 3.55. The van der Waals surface area contributed by atoms with Crippen molar-refractivity contribution in [3.8, 4) is 33.4 Å². The van der Waals surface area contributed by atoms with Gasteiger partial charge in [0, 0.05) is 17.1 Å². The minimum Gasteiger partial charge on any atom is -0.310 e. The minimum absolute atomic E-state index is 0.465. The fourth-order valence-electron chi connectivity index (χ4n) is 8.64. The van der Waals surface area contributed by atoms with Crippen LogP contribution in [0, 0.1) is 0 Å². The summed E-state index contributed by atoms with van der Waals surface area (Å²) < 4.78 is 0. The molecule has 0 unspecified atom stereocenters. The summed E-state index contributed by atoms with van der Waals surface area (Å²) in [6, 6.07) is 81.9. The Hall–Kier alpha value is -6.96. The van der Waals surface area contributed by atoms with Crippen molar-refractivity contribution in [2.45, 2.75) is 5.41 Å². The lowest BCUT2D eigenvalue weighted by Crippen LogP contribution is -2.28. The van der Waals surface area contributed by atoms with Crippen molar-refractivity contribution in [2.75, 3.05) is 4.90 Å². The van der Waals surface area contributed by atoms with Crippen LogP contribution in [0.5, 0.6) is 0 Å². The topological polar surface area (TPSA) is 3.24 Å². The summed E-state index contributed by atoms with van der Waals surface area (Å²) in [5.41, 5.74) is 15.4. The standard InChI is InChI=1S/C53H37N/c1-5-15-38(16-6-1)41-27-25-40-26-28-42(36-43(40)35-41)39-29-31-47(32-30-39)54(46-21-11-4-12-22-46)48-33-34-50-49-23-13-14-24-51(49)53(52(50)37-48,44-17-7-2-8-18-44)45-19-9-3-10-20-45/h1-37H. The molecule has 0 aliphatic heterocycles. The van der Waals surface area contributed by atoms with Gasteiger partial charge in [-0.2, -0.15) is 0 Å². The van der Waals surface area contributed by atoms with Crippen LogP contribution in [0.15, 0.2) is 224 Å². The van der Waals surface area contributed by atoms with Gasteiger partial charge in [0.15, 0.2) is 0 Å². The van der Waals surface area contributed by atoms with Gasteiger partial charge in [0.05, 0.1) is 5.41 Å². The van der Waals surface area contributed by atoms with E-state index in [0.717, 1.165) is 17.1 Å². The van der Waals surface area contributed by atoms with E-state index in [9.17, 15) is 0 Å². The number of nitrogens with zero attached hydrogens (tertiary/aromatic N) is 1. The zero-order chi connectivity index (χ0) is 35.9. The fraction of sp³-hybridized carbons (Fsp3) is 0.0189. The molecule has 0 amide bonds. The Labute approximate surface area is 317 Å². The largest absolute Gasteiger partial charge is 0.310 e. The third-order valence-corrected chi connectivity index (χ3v) is 11.1. The molecule has 0 heterocycles. The summed E-state index contributed by atoms with van der Waals surface area (Å²) in [5, 5.41) is 2.48. The Kier molecular flexibility index (Phi) is 7.78. The van der Waals surface area contributed by atoms with E-state index < -0.39 is 5.41 Å². The van der Waals surface area contributed by atoms with E-state index >= 15 is 0 Å². The zero-order valence-electron chi connectivity index (χ0n) is 29.8. The van der Waals surface area contributed by atoms with Gasteiger partial charge in [-0.3, -0.25) is 0 Å². The predicted molar refractivity (Wildman–Crippen MR) is 227 cm³/mol. The molecule has 254 valence electrons. The normalized spacial score (nSPS) is 12.6. The molecule has 0 bridgehead atoms. The average molecular weight is 688 g/mol. The van der Waals surface area contributed by atoms with E-state index in [1.165, 1.54) is 66.4 Å². The lowest BCUT2D eigenvalue weighted by atomic mass is 9.67. The van der Waals surface area contributed by atoms with Gasteiger partial charge in [-0.25, -0.2) is 0 Å². The minimum atomic E-state index is -0.465. The molecule has 0 spiro atoms. The Bertz CT molecular complexity index is 2700. The molecule has 0 fully saturated rings. The van der Waals surface area contributed by atoms with E-state index in [-0.39, 0.29) is 0 Å². The Morgan fingerprint density at radius 2 is 0.741 bits per heavy atom. The molecule has 0 atom stereocenters. The van der Waals surface area contributed by atoms with E-state index in [0.29, 0.717) is 0 Å². The van der Waals surface area contributed by atoms with Gasteiger partial charge in [-0.15, -0.1) is 0 Å². The first-order valence-corrected chi connectivity index (χ1v) is 18.7. The summed E-state index contributed by atoms with van der Waals surface area (Å²) in [4.78, 5) is 2.39. The molecular formula is C53H37N. The van der Waals surface area contributed by atoms with Crippen LogP contribution in [0.4, 0.5) is 17.1 Å². The van der Waals surface area contributed by atoms with Crippen molar-refractivity contribution >= 4 is 27.8 Å². The second kappa shape index (κ2) is 13.2. The van der Waals surface area contributed by atoms with Gasteiger partial charge in [-0.05, 0) is 115 Å². The highest BCUT2D eigenvalue weighted by Gasteiger charge is 2.46. The number of hydrogen-bond acceptors (Lipinski definition) is 1. The van der Waals surface area contributed by atoms with Crippen LogP contribution in [0.2, 0.25) is 0 Å². The maximum Gasteiger partial charge on any atom is 0.0714 e. The maximum absolute atomic E-state index is 2.43. The van der Waals surface area contributed by atoms with Gasteiger partial charge >= 0.3 is 0 Å². The van der Waals surface area contributed by atoms with Crippen molar-refractivity contribution < 1.29 is 0 Å². The van der Waals surface area contributed by atoms with Gasteiger partial charge in [0.25, 0.3) is 0 Å². The van der Waals surface area contributed by atoms with E-state index in [2.05, 4.69) is 229 Å². The summed E-state index contributed by atoms with van der Waals surface area (Å²) in [6.07, 6.45) is 0. The molecule has 0 radical (unpaired) electrons. The molecular weight excluding hydrogens is 651 g/mol. The SMILES string of the molecule is c1ccc(-c2ccc3ccc(-c4ccc(N(c5ccccc5)c5ccc6c(c5)C(c5ccccc5)(c5ccccc5)c5ccccc5-6)cc4)cc3c2)cc1. The number of benzene rings is 9. The summed E-state index contributed by atoms with van der Waals surface area (Å²) in [6.45, 7) is 0. The molecule has 9 aromatic carbocycles. The summed E-state index contributed by atoms with van der Waals surface area (Å²) in [5.74, 6) is 0. The van der Waals surface area contributed by atoms with Gasteiger partial charge in [0.2, 0.25) is 0 Å². The van der Waals surface area contributed by atoms with E-state index in [1.54, 1.807) is 0 Å². The van der Waals surface area contributed by atoms with Crippen molar-refractivity contribution in [1.82, 2.24) is 0 Å². The molecule has 0 saturated heterocycles. The number of fused-ring (bicyclic) bond motifs is 4. The number of hydrogen-bond donors (Lipinski definition) is 0. The third-order valence-electron chi connectivity index (χ3n) is 11.1. The first kappa shape index (κ1) is 31.7. The molecule has 0 saturated carbocycles. The Morgan fingerprint density at radius 1 is 0.278 bits per heavy atom. The monoisotopic (exact) mass is 687 g/mol. The van der Waals surface area contributed by atoms with Crippen LogP contribution < -0.4 is 4.90 Å². The van der Waals surface area contributed by atoms with Crippen LogP contribution in [-0.2, 0) is 5.41 Å². The van der Waals surface area contributed by atoms with Crippen LogP contribution >= 0.6 is 0 Å². The van der Waals surface area contributed by atoms with Crippen LogP contribution in [0.1, 0.15) is 22.3 Å².